The van der Waals surface area contributed by atoms with Crippen LogP contribution in [-0.2, 0) is 10.1 Å². The van der Waals surface area contributed by atoms with E-state index in [-0.39, 0.29) is 32.7 Å². The summed E-state index contributed by atoms with van der Waals surface area (Å²) in [5.74, 6) is 0.139. The molecule has 0 spiro atoms. The Morgan fingerprint density at radius 3 is 1.66 bits per heavy atom. The first-order valence-electron chi connectivity index (χ1n) is 10.7. The normalized spacial score (nSPS) is 11.1. The molecule has 0 saturated heterocycles. The Labute approximate surface area is 215 Å². The number of rotatable bonds is 5. The van der Waals surface area contributed by atoms with Crippen LogP contribution in [0, 0.1) is 7.14 Å². The molecule has 178 valence electrons. The molecule has 0 aliphatic heterocycles. The summed E-state index contributed by atoms with van der Waals surface area (Å²) in [5, 5.41) is 2.71. The second-order valence-corrected chi connectivity index (χ2v) is 11.8. The van der Waals surface area contributed by atoms with E-state index in [1.165, 1.54) is 21.4 Å². The lowest BCUT2D eigenvalue weighted by atomic mass is 10.0. The molecule has 0 unspecified atom stereocenters. The van der Waals surface area contributed by atoms with Gasteiger partial charge in [-0.2, -0.15) is 0 Å². The highest BCUT2D eigenvalue weighted by Crippen LogP contribution is 2.41. The number of halogens is 1. The summed E-state index contributed by atoms with van der Waals surface area (Å²) in [5.41, 5.74) is 0. The van der Waals surface area contributed by atoms with Crippen molar-refractivity contribution in [3.05, 3.63) is 110 Å². The lowest BCUT2D eigenvalue weighted by Gasteiger charge is -2.18. The second kappa shape index (κ2) is 11.1. The molecule has 0 heterocycles. The summed E-state index contributed by atoms with van der Waals surface area (Å²) in [7, 11) is -2.03. The van der Waals surface area contributed by atoms with E-state index >= 15 is 0 Å². The molecule has 0 N–H and O–H groups in total. The topological polar surface area (TPSA) is 75.7 Å². The summed E-state index contributed by atoms with van der Waals surface area (Å²) >= 11 is 0.0287. The third-order valence-corrected chi connectivity index (χ3v) is 8.83. The van der Waals surface area contributed by atoms with Crippen LogP contribution in [0.25, 0.3) is 21.5 Å². The minimum atomic E-state index is -4.73. The van der Waals surface area contributed by atoms with E-state index in [4.69, 9.17) is 9.47 Å². The molecule has 5 aromatic carbocycles. The Bertz CT molecular complexity index is 1520. The van der Waals surface area contributed by atoms with Crippen molar-refractivity contribution >= 4 is 31.7 Å². The molecule has 0 aliphatic rings. The van der Waals surface area contributed by atoms with Gasteiger partial charge in [0.25, 0.3) is 0 Å². The van der Waals surface area contributed by atoms with Crippen molar-refractivity contribution < 1.29 is 43.6 Å². The fourth-order valence-electron chi connectivity index (χ4n) is 3.69. The largest absolute Gasteiger partial charge is 0.744 e. The third-order valence-electron chi connectivity index (χ3n) is 5.24. The smallest absolute Gasteiger partial charge is 0.357 e. The van der Waals surface area contributed by atoms with Crippen molar-refractivity contribution in [2.24, 2.45) is 0 Å². The summed E-state index contributed by atoms with van der Waals surface area (Å²) in [6, 6.07) is 34.1. The number of benzene rings is 5. The second-order valence-electron chi connectivity index (χ2n) is 7.50. The average Bonchev–Trinajstić information content (AvgIpc) is 2.87. The zero-order valence-electron chi connectivity index (χ0n) is 19.1. The van der Waals surface area contributed by atoms with Crippen molar-refractivity contribution in [1.82, 2.24) is 0 Å². The maximum atomic E-state index is 11.7. The number of hydrogen-bond donors (Lipinski definition) is 0. The van der Waals surface area contributed by atoms with Crippen molar-refractivity contribution in [3.63, 3.8) is 0 Å². The molecule has 5 aromatic rings. The van der Waals surface area contributed by atoms with Crippen LogP contribution in [0.2, 0.25) is 0 Å². The van der Waals surface area contributed by atoms with E-state index in [9.17, 15) is 13.0 Å². The average molecular weight is 598 g/mol. The first-order chi connectivity index (χ1) is 16.9. The highest BCUT2D eigenvalue weighted by atomic mass is 127. The minimum Gasteiger partial charge on any atom is -0.744 e. The van der Waals surface area contributed by atoms with Crippen LogP contribution < -0.4 is 30.7 Å². The summed E-state index contributed by atoms with van der Waals surface area (Å²) in [6.07, 6.45) is 0. The number of ether oxygens (including phenoxy) is 2. The van der Waals surface area contributed by atoms with Gasteiger partial charge in [-0.3, -0.25) is 0 Å². The van der Waals surface area contributed by atoms with Gasteiger partial charge in [-0.1, -0.05) is 60.7 Å². The van der Waals surface area contributed by atoms with E-state index in [0.717, 1.165) is 10.8 Å². The molecule has 0 amide bonds. The van der Waals surface area contributed by atoms with Gasteiger partial charge in [0.05, 0.1) is 14.2 Å². The molecule has 5 rings (SSSR count). The molecule has 0 saturated carbocycles. The van der Waals surface area contributed by atoms with Crippen LogP contribution >= 0.6 is 0 Å². The Kier molecular flexibility index (Phi) is 7.90. The van der Waals surface area contributed by atoms with Crippen LogP contribution in [0.5, 0.6) is 11.5 Å². The summed E-state index contributed by atoms with van der Waals surface area (Å²) < 4.78 is 48.5. The van der Waals surface area contributed by atoms with Crippen molar-refractivity contribution in [2.75, 3.05) is 14.2 Å². The van der Waals surface area contributed by atoms with Gasteiger partial charge < -0.3 is 14.0 Å². The van der Waals surface area contributed by atoms with Gasteiger partial charge in [-0.05, 0) is 58.6 Å². The first-order valence-corrected chi connectivity index (χ1v) is 14.3. The zero-order chi connectivity index (χ0) is 24.8. The maximum absolute atomic E-state index is 11.7. The van der Waals surface area contributed by atoms with Crippen molar-refractivity contribution in [2.45, 2.75) is 4.90 Å². The van der Waals surface area contributed by atoms with Crippen molar-refractivity contribution in [1.29, 1.82) is 0 Å². The molecule has 0 radical (unpaired) electrons. The molecule has 0 atom stereocenters. The van der Waals surface area contributed by atoms with E-state index < -0.39 is 15.0 Å². The zero-order valence-corrected chi connectivity index (χ0v) is 22.1. The van der Waals surface area contributed by atoms with Gasteiger partial charge in [-0.15, -0.1) is 0 Å². The lowest BCUT2D eigenvalue weighted by Crippen LogP contribution is -3.61. The van der Waals surface area contributed by atoms with Crippen LogP contribution in [0.15, 0.2) is 108 Å². The first kappa shape index (κ1) is 25.0. The molecule has 7 heteroatoms. The molecule has 0 bridgehead atoms. The number of fused-ring (bicyclic) bond motifs is 2. The predicted molar refractivity (Wildman–Crippen MR) is 133 cm³/mol. The molecular weight excluding hydrogens is 575 g/mol. The molecule has 0 aliphatic carbocycles. The van der Waals surface area contributed by atoms with Gasteiger partial charge in [0.1, 0.15) is 15.0 Å². The van der Waals surface area contributed by atoms with E-state index in [0.29, 0.717) is 10.8 Å². The molecule has 0 aromatic heterocycles. The molecule has 0 fully saturated rings. The van der Waals surface area contributed by atoms with E-state index in [2.05, 4.69) is 60.7 Å². The van der Waals surface area contributed by atoms with Crippen molar-refractivity contribution in [3.8, 4) is 11.5 Å². The Morgan fingerprint density at radius 2 is 1.17 bits per heavy atom. The number of hydrogen-bond acceptors (Lipinski definition) is 5. The van der Waals surface area contributed by atoms with Gasteiger partial charge in [-0.25, -0.2) is 8.42 Å². The standard InChI is InChI=1S/C16H14O5S.C12H10I/c1-20-14-9-12-7-10-5-3-4-6-11(10)8-13(12)16(15(14)21-2)22(17,18)19;1-3-7-11(8-4-1)13-12-9-5-2-6-10-12/h3-9H,1-2H3,(H,17,18,19);1-10H/q;+1/p-1. The van der Waals surface area contributed by atoms with E-state index in [1.54, 1.807) is 12.1 Å². The quantitative estimate of drug-likeness (QED) is 0.177. The Morgan fingerprint density at radius 1 is 0.657 bits per heavy atom. The minimum absolute atomic E-state index is 0.0287. The monoisotopic (exact) mass is 598 g/mol. The highest BCUT2D eigenvalue weighted by Gasteiger charge is 2.20. The van der Waals surface area contributed by atoms with Gasteiger partial charge in [0, 0.05) is 5.39 Å². The predicted octanol–water partition coefficient (Wildman–Crippen LogP) is 2.73. The van der Waals surface area contributed by atoms with Gasteiger partial charge >= 0.3 is 21.2 Å². The fourth-order valence-corrected chi connectivity index (χ4v) is 6.82. The SMILES string of the molecule is COc1cc2cc3ccccc3cc2c(S(=O)(=O)[O-])c1OC.c1ccc([I+]c2ccccc2)cc1. The fraction of sp³-hybridized carbons (Fsp3) is 0.0714. The Balaban J connectivity index is 0.000000189. The van der Waals surface area contributed by atoms with Crippen LogP contribution in [0.1, 0.15) is 0 Å². The third kappa shape index (κ3) is 5.93. The molecule has 35 heavy (non-hydrogen) atoms. The van der Waals surface area contributed by atoms with Gasteiger partial charge in [0.2, 0.25) is 0 Å². The summed E-state index contributed by atoms with van der Waals surface area (Å²) in [4.78, 5) is -0.393. The lowest BCUT2D eigenvalue weighted by molar-refractivity contribution is -0.597. The molecular formula is C28H23IO5S. The maximum Gasteiger partial charge on any atom is 0.357 e. The summed E-state index contributed by atoms with van der Waals surface area (Å²) in [6.45, 7) is 0. The number of methoxy groups -OCH3 is 2. The Hall–Kier alpha value is -3.14. The van der Waals surface area contributed by atoms with Crippen LogP contribution in [-0.4, -0.2) is 27.2 Å². The van der Waals surface area contributed by atoms with E-state index in [1.807, 2.05) is 30.3 Å². The van der Waals surface area contributed by atoms with Crippen LogP contribution in [0.4, 0.5) is 0 Å². The van der Waals surface area contributed by atoms with Gasteiger partial charge in [0.15, 0.2) is 18.6 Å². The van der Waals surface area contributed by atoms with Crippen LogP contribution in [0.3, 0.4) is 0 Å². The highest BCUT2D eigenvalue weighted by molar-refractivity contribution is 7.86. The molecule has 5 nitrogen and oxygen atoms in total.